The van der Waals surface area contributed by atoms with Gasteiger partial charge in [-0.25, -0.2) is 8.42 Å². The van der Waals surface area contributed by atoms with E-state index in [0.717, 1.165) is 18.2 Å². The Hall–Kier alpha value is -3.63. The lowest BCUT2D eigenvalue weighted by Crippen LogP contribution is -2.60. The maximum atomic E-state index is 14.0. The number of anilines is 1. The summed E-state index contributed by atoms with van der Waals surface area (Å²) >= 11 is 0. The Morgan fingerprint density at radius 2 is 1.97 bits per heavy atom. The third-order valence-electron chi connectivity index (χ3n) is 7.76. The lowest BCUT2D eigenvalue weighted by Gasteiger charge is -2.34. The molecule has 10 heteroatoms. The van der Waals surface area contributed by atoms with Gasteiger partial charge in [0.2, 0.25) is 11.3 Å². The molecule has 3 aliphatic rings. The van der Waals surface area contributed by atoms with Crippen molar-refractivity contribution in [2.75, 3.05) is 12.0 Å². The van der Waals surface area contributed by atoms with Gasteiger partial charge in [-0.15, -0.1) is 0 Å². The molecule has 1 fully saturated rings. The fraction of sp³-hybridized carbons (Fsp3) is 0.308. The van der Waals surface area contributed by atoms with Crippen LogP contribution in [0.3, 0.4) is 0 Å². The third kappa shape index (κ3) is 2.76. The number of ketones is 1. The van der Waals surface area contributed by atoms with E-state index in [2.05, 4.69) is 17.2 Å². The SMILES string of the molecule is Cc1c(S(C)(=O)=O)c[nH]c1C(=O)NC12C(=O)c3c(N)cccc3C1(O)Oc1cc(C3C[C@@H]3C)ccc12. The third-order valence-corrected chi connectivity index (χ3v) is 8.99. The zero-order valence-electron chi connectivity index (χ0n) is 19.9. The Morgan fingerprint density at radius 1 is 1.25 bits per heavy atom. The van der Waals surface area contributed by atoms with E-state index in [4.69, 9.17) is 10.5 Å². The number of aromatic amines is 1. The molecule has 9 nitrogen and oxygen atoms in total. The molecule has 2 aromatic carbocycles. The number of aromatic nitrogens is 1. The van der Waals surface area contributed by atoms with Crippen LogP contribution in [0.25, 0.3) is 0 Å². The van der Waals surface area contributed by atoms with Crippen LogP contribution < -0.4 is 15.8 Å². The summed E-state index contributed by atoms with van der Waals surface area (Å²) in [6.45, 7) is 3.64. The van der Waals surface area contributed by atoms with E-state index in [-0.39, 0.29) is 33.0 Å². The van der Waals surface area contributed by atoms with E-state index in [1.54, 1.807) is 24.3 Å². The largest absolute Gasteiger partial charge is 0.454 e. The van der Waals surface area contributed by atoms with Gasteiger partial charge in [0.25, 0.3) is 11.7 Å². The number of benzene rings is 2. The summed E-state index contributed by atoms with van der Waals surface area (Å²) in [5.41, 5.74) is 6.00. The fourth-order valence-corrected chi connectivity index (χ4v) is 6.67. The highest BCUT2D eigenvalue weighted by Gasteiger charge is 2.72. The zero-order valence-corrected chi connectivity index (χ0v) is 20.7. The van der Waals surface area contributed by atoms with Crippen molar-refractivity contribution in [1.29, 1.82) is 0 Å². The minimum Gasteiger partial charge on any atom is -0.454 e. The van der Waals surface area contributed by atoms with Crippen LogP contribution in [0.5, 0.6) is 5.75 Å². The Labute approximate surface area is 207 Å². The number of amides is 1. The Kier molecular flexibility index (Phi) is 4.42. The highest BCUT2D eigenvalue weighted by atomic mass is 32.2. The summed E-state index contributed by atoms with van der Waals surface area (Å²) in [5, 5.41) is 14.8. The normalized spacial score (nSPS) is 27.7. The topological polar surface area (TPSA) is 152 Å². The number of hydrogen-bond donors (Lipinski definition) is 4. The van der Waals surface area contributed by atoms with Gasteiger partial charge in [-0.05, 0) is 48.4 Å². The van der Waals surface area contributed by atoms with Crippen molar-refractivity contribution in [2.24, 2.45) is 5.92 Å². The van der Waals surface area contributed by atoms with Crippen molar-refractivity contribution < 1.29 is 27.9 Å². The first-order valence-electron chi connectivity index (χ1n) is 11.6. The molecule has 186 valence electrons. The van der Waals surface area contributed by atoms with Crippen molar-refractivity contribution in [2.45, 2.75) is 42.4 Å². The van der Waals surface area contributed by atoms with Crippen LogP contribution in [0, 0.1) is 12.8 Å². The van der Waals surface area contributed by atoms with E-state index in [0.29, 0.717) is 23.1 Å². The molecule has 6 rings (SSSR count). The quantitative estimate of drug-likeness (QED) is 0.396. The van der Waals surface area contributed by atoms with E-state index in [9.17, 15) is 23.1 Å². The molecule has 1 aliphatic heterocycles. The number of ether oxygens (including phenoxy) is 1. The molecule has 1 aromatic heterocycles. The molecule has 1 saturated carbocycles. The van der Waals surface area contributed by atoms with Crippen molar-refractivity contribution in [3.63, 3.8) is 0 Å². The fourth-order valence-electron chi connectivity index (χ4n) is 5.74. The van der Waals surface area contributed by atoms with Gasteiger partial charge >= 0.3 is 0 Å². The first-order valence-corrected chi connectivity index (χ1v) is 13.5. The van der Waals surface area contributed by atoms with Gasteiger partial charge in [0.1, 0.15) is 11.4 Å². The van der Waals surface area contributed by atoms with E-state index >= 15 is 0 Å². The second-order valence-corrected chi connectivity index (χ2v) is 12.0. The van der Waals surface area contributed by atoms with Gasteiger partial charge in [-0.2, -0.15) is 0 Å². The van der Waals surface area contributed by atoms with Crippen LogP contribution >= 0.6 is 0 Å². The van der Waals surface area contributed by atoms with Gasteiger partial charge in [0.05, 0.1) is 10.5 Å². The smallest absolute Gasteiger partial charge is 0.271 e. The van der Waals surface area contributed by atoms with Gasteiger partial charge in [-0.3, -0.25) is 9.59 Å². The maximum absolute atomic E-state index is 14.0. The van der Waals surface area contributed by atoms with E-state index < -0.39 is 32.9 Å². The molecule has 0 radical (unpaired) electrons. The predicted molar refractivity (Wildman–Crippen MR) is 130 cm³/mol. The molecular weight excluding hydrogens is 482 g/mol. The Bertz CT molecular complexity index is 1610. The number of nitrogens with one attached hydrogen (secondary N) is 2. The molecule has 0 saturated heterocycles. The van der Waals surface area contributed by atoms with Crippen LogP contribution in [0.15, 0.2) is 47.5 Å². The molecule has 4 atom stereocenters. The standard InChI is InChI=1S/C26H25N3O6S/c1-12-9-15(12)14-7-8-16-19(10-14)35-26(32)17-5-4-6-18(27)21(17)23(30)25(16,26)29-24(31)22-13(2)20(11-28-22)36(3,33)34/h4-8,10-12,15,28,32H,9,27H2,1-3H3,(H,29,31)/t12-,15?,25?,26?/m0/s1. The average molecular weight is 508 g/mol. The van der Waals surface area contributed by atoms with Crippen LogP contribution in [-0.2, 0) is 21.2 Å². The Balaban J connectivity index is 1.52. The van der Waals surface area contributed by atoms with Crippen molar-refractivity contribution in [1.82, 2.24) is 10.3 Å². The summed E-state index contributed by atoms with van der Waals surface area (Å²) in [6.07, 6.45) is 3.31. The lowest BCUT2D eigenvalue weighted by molar-refractivity contribution is -0.169. The molecular formula is C26H25N3O6S. The predicted octanol–water partition coefficient (Wildman–Crippen LogP) is 2.49. The van der Waals surface area contributed by atoms with E-state index in [1.165, 1.54) is 13.1 Å². The van der Waals surface area contributed by atoms with Crippen molar-refractivity contribution in [3.8, 4) is 5.75 Å². The first-order chi connectivity index (χ1) is 16.9. The Morgan fingerprint density at radius 3 is 2.61 bits per heavy atom. The number of aliphatic hydroxyl groups is 1. The maximum Gasteiger partial charge on any atom is 0.271 e. The minimum atomic E-state index is -3.59. The number of carbonyl (C=O) groups excluding carboxylic acids is 2. The lowest BCUT2D eigenvalue weighted by atomic mass is 9.82. The number of nitrogens with two attached hydrogens (primary N) is 1. The number of nitrogen functional groups attached to an aromatic ring is 1. The molecule has 5 N–H and O–H groups in total. The molecule has 2 heterocycles. The average Bonchev–Trinajstić information content (AvgIpc) is 3.23. The van der Waals surface area contributed by atoms with Gasteiger partial charge in [0.15, 0.2) is 9.84 Å². The second kappa shape index (κ2) is 6.98. The highest BCUT2D eigenvalue weighted by Crippen LogP contribution is 2.60. The van der Waals surface area contributed by atoms with Crippen molar-refractivity contribution in [3.05, 3.63) is 76.1 Å². The molecule has 1 amide bonds. The summed E-state index contributed by atoms with van der Waals surface area (Å²) in [6, 6.07) is 10.1. The molecule has 0 bridgehead atoms. The summed E-state index contributed by atoms with van der Waals surface area (Å²) < 4.78 is 30.3. The van der Waals surface area contributed by atoms with Crippen LogP contribution in [0.2, 0.25) is 0 Å². The minimum absolute atomic E-state index is 0.0306. The second-order valence-electron chi connectivity index (χ2n) is 10.0. The number of fused-ring (bicyclic) bond motifs is 5. The number of H-pyrrole nitrogens is 1. The van der Waals surface area contributed by atoms with Gasteiger partial charge in [0, 0.05) is 29.3 Å². The molecule has 3 aromatic rings. The summed E-state index contributed by atoms with van der Waals surface area (Å²) in [5.74, 6) is -2.42. The monoisotopic (exact) mass is 507 g/mol. The van der Waals surface area contributed by atoms with Gasteiger partial charge in [-0.1, -0.05) is 31.2 Å². The van der Waals surface area contributed by atoms with Crippen LogP contribution in [-0.4, -0.2) is 36.5 Å². The number of hydrogen-bond acceptors (Lipinski definition) is 7. The molecule has 0 spiro atoms. The molecule has 2 aliphatic carbocycles. The molecule has 3 unspecified atom stereocenters. The van der Waals surface area contributed by atoms with Gasteiger partial charge < -0.3 is 25.9 Å². The van der Waals surface area contributed by atoms with E-state index in [1.807, 2.05) is 12.1 Å². The first kappa shape index (κ1) is 22.8. The number of rotatable bonds is 4. The van der Waals surface area contributed by atoms with Crippen LogP contribution in [0.4, 0.5) is 5.69 Å². The number of Topliss-reactive ketones (excluding diaryl/α,β-unsaturated/α-hetero) is 1. The van der Waals surface area contributed by atoms with Crippen LogP contribution in [0.1, 0.15) is 62.4 Å². The number of carbonyl (C=O) groups is 2. The summed E-state index contributed by atoms with van der Waals surface area (Å²) in [4.78, 5) is 30.3. The zero-order chi connectivity index (χ0) is 25.8. The molecule has 36 heavy (non-hydrogen) atoms. The van der Waals surface area contributed by atoms with Crippen molar-refractivity contribution >= 4 is 27.2 Å². The highest BCUT2D eigenvalue weighted by molar-refractivity contribution is 7.90. The summed E-state index contributed by atoms with van der Waals surface area (Å²) in [7, 11) is -3.59. The number of sulfone groups is 1.